The summed E-state index contributed by atoms with van der Waals surface area (Å²) in [6.07, 6.45) is 0. The minimum absolute atomic E-state index is 0.0551. The number of sulfonamides is 1. The Labute approximate surface area is 187 Å². The first-order chi connectivity index (χ1) is 15.3. The highest BCUT2D eigenvalue weighted by molar-refractivity contribution is 7.89. The molecule has 0 saturated carbocycles. The number of nitrogens with zero attached hydrogens (tertiary/aromatic N) is 1. The SMILES string of the molecule is CCOC(=O)[C@@H]1N(S(=O)(=O)c2ccc(C)cc2)C(=O)C1(c1ccccc1)c1ccccc1. The molecule has 32 heavy (non-hydrogen) atoms. The van der Waals surface area contributed by atoms with Gasteiger partial charge in [-0.2, -0.15) is 0 Å². The van der Waals surface area contributed by atoms with Crippen molar-refractivity contribution in [2.75, 3.05) is 6.61 Å². The largest absolute Gasteiger partial charge is 0.464 e. The van der Waals surface area contributed by atoms with Gasteiger partial charge in [0.15, 0.2) is 6.04 Å². The number of benzene rings is 3. The Morgan fingerprint density at radius 3 is 1.88 bits per heavy atom. The number of hydrogen-bond donors (Lipinski definition) is 0. The van der Waals surface area contributed by atoms with Crippen molar-refractivity contribution in [3.63, 3.8) is 0 Å². The topological polar surface area (TPSA) is 80.8 Å². The number of esters is 1. The maximum atomic E-state index is 13.8. The van der Waals surface area contributed by atoms with Crippen LogP contribution in [0.3, 0.4) is 0 Å². The summed E-state index contributed by atoms with van der Waals surface area (Å²) >= 11 is 0. The molecule has 3 aromatic carbocycles. The van der Waals surface area contributed by atoms with E-state index in [9.17, 15) is 18.0 Å². The maximum absolute atomic E-state index is 13.8. The van der Waals surface area contributed by atoms with Crippen LogP contribution < -0.4 is 0 Å². The van der Waals surface area contributed by atoms with Crippen molar-refractivity contribution in [3.05, 3.63) is 102 Å². The fourth-order valence-electron chi connectivity index (χ4n) is 4.21. The summed E-state index contributed by atoms with van der Waals surface area (Å²) < 4.78 is 33.0. The molecule has 3 aromatic rings. The molecule has 1 amide bonds. The lowest BCUT2D eigenvalue weighted by Gasteiger charge is -2.53. The molecule has 0 aromatic heterocycles. The zero-order valence-electron chi connectivity index (χ0n) is 17.8. The lowest BCUT2D eigenvalue weighted by molar-refractivity contribution is -0.167. The molecule has 1 aliphatic heterocycles. The van der Waals surface area contributed by atoms with E-state index in [1.807, 2.05) is 6.92 Å². The summed E-state index contributed by atoms with van der Waals surface area (Å²) in [4.78, 5) is 27.0. The van der Waals surface area contributed by atoms with Crippen molar-refractivity contribution >= 4 is 21.9 Å². The average molecular weight is 450 g/mol. The number of aryl methyl sites for hydroxylation is 1. The van der Waals surface area contributed by atoms with E-state index >= 15 is 0 Å². The molecular weight excluding hydrogens is 426 g/mol. The van der Waals surface area contributed by atoms with E-state index in [0.29, 0.717) is 15.4 Å². The molecule has 0 N–H and O–H groups in total. The molecular formula is C25H23NO5S. The molecule has 6 nitrogen and oxygen atoms in total. The highest BCUT2D eigenvalue weighted by Crippen LogP contribution is 2.50. The smallest absolute Gasteiger partial charge is 0.331 e. The van der Waals surface area contributed by atoms with Crippen LogP contribution in [-0.2, 0) is 29.8 Å². The van der Waals surface area contributed by atoms with Crippen LogP contribution >= 0.6 is 0 Å². The predicted molar refractivity (Wildman–Crippen MR) is 119 cm³/mol. The Hall–Kier alpha value is -3.45. The molecule has 1 fully saturated rings. The Morgan fingerprint density at radius 2 is 1.41 bits per heavy atom. The van der Waals surface area contributed by atoms with Gasteiger partial charge in [-0.15, -0.1) is 0 Å². The summed E-state index contributed by atoms with van der Waals surface area (Å²) in [7, 11) is -4.28. The van der Waals surface area contributed by atoms with Crippen molar-refractivity contribution in [1.82, 2.24) is 4.31 Å². The van der Waals surface area contributed by atoms with Gasteiger partial charge in [-0.25, -0.2) is 17.5 Å². The molecule has 0 spiro atoms. The highest BCUT2D eigenvalue weighted by atomic mass is 32.2. The number of β-lactam (4-membered cyclic amide) rings is 1. The molecule has 1 saturated heterocycles. The first-order valence-corrected chi connectivity index (χ1v) is 11.7. The number of amides is 1. The van der Waals surface area contributed by atoms with Crippen molar-refractivity contribution in [1.29, 1.82) is 0 Å². The Bertz CT molecular complexity index is 1200. The number of ether oxygens (including phenoxy) is 1. The van der Waals surface area contributed by atoms with Crippen molar-refractivity contribution in [3.8, 4) is 0 Å². The number of carbonyl (C=O) groups is 2. The molecule has 164 valence electrons. The lowest BCUT2D eigenvalue weighted by atomic mass is 9.63. The van der Waals surface area contributed by atoms with E-state index < -0.39 is 33.4 Å². The van der Waals surface area contributed by atoms with E-state index in [1.54, 1.807) is 79.7 Å². The Kier molecular flexibility index (Phi) is 5.60. The Balaban J connectivity index is 1.94. The predicted octanol–water partition coefficient (Wildman–Crippen LogP) is 3.44. The molecule has 4 rings (SSSR count). The normalized spacial score (nSPS) is 17.5. The van der Waals surface area contributed by atoms with Gasteiger partial charge in [0.25, 0.3) is 15.9 Å². The molecule has 0 bridgehead atoms. The molecule has 0 radical (unpaired) electrons. The van der Waals surface area contributed by atoms with E-state index in [0.717, 1.165) is 5.56 Å². The summed E-state index contributed by atoms with van der Waals surface area (Å²) in [6, 6.07) is 22.3. The van der Waals surface area contributed by atoms with Crippen molar-refractivity contribution in [2.24, 2.45) is 0 Å². The minimum Gasteiger partial charge on any atom is -0.464 e. The van der Waals surface area contributed by atoms with Gasteiger partial charge in [0.05, 0.1) is 11.5 Å². The summed E-state index contributed by atoms with van der Waals surface area (Å²) in [5, 5.41) is 0. The van der Waals surface area contributed by atoms with Gasteiger partial charge in [-0.1, -0.05) is 78.4 Å². The second-order valence-electron chi connectivity index (χ2n) is 7.61. The standard InChI is InChI=1S/C25H23NO5S/c1-3-31-23(27)22-25(19-10-6-4-7-11-19,20-12-8-5-9-13-20)24(28)26(22)32(29,30)21-16-14-18(2)15-17-21/h4-17,22H,3H2,1-2H3/t22-/m0/s1. The zero-order chi connectivity index (χ0) is 22.9. The summed E-state index contributed by atoms with van der Waals surface area (Å²) in [5.74, 6) is -1.45. The number of carbonyl (C=O) groups excluding carboxylic acids is 2. The highest BCUT2D eigenvalue weighted by Gasteiger charge is 2.70. The fourth-order valence-corrected chi connectivity index (χ4v) is 5.81. The molecule has 1 aliphatic rings. The van der Waals surface area contributed by atoms with E-state index in [4.69, 9.17) is 4.74 Å². The number of hydrogen-bond acceptors (Lipinski definition) is 5. The van der Waals surface area contributed by atoms with Gasteiger partial charge in [-0.3, -0.25) is 4.79 Å². The monoisotopic (exact) mass is 449 g/mol. The van der Waals surface area contributed by atoms with Gasteiger partial charge >= 0.3 is 5.97 Å². The quantitative estimate of drug-likeness (QED) is 0.425. The van der Waals surface area contributed by atoms with Crippen molar-refractivity contribution in [2.45, 2.75) is 30.2 Å². The minimum atomic E-state index is -4.28. The van der Waals surface area contributed by atoms with Crippen LogP contribution in [0.4, 0.5) is 0 Å². The van der Waals surface area contributed by atoms with Crippen LogP contribution in [0.2, 0.25) is 0 Å². The fraction of sp³-hybridized carbons (Fsp3) is 0.200. The third-order valence-corrected chi connectivity index (χ3v) is 7.49. The van der Waals surface area contributed by atoms with E-state index in [1.165, 1.54) is 12.1 Å². The van der Waals surface area contributed by atoms with Crippen LogP contribution in [0.5, 0.6) is 0 Å². The number of rotatable bonds is 6. The molecule has 0 aliphatic carbocycles. The second-order valence-corrected chi connectivity index (χ2v) is 9.43. The van der Waals surface area contributed by atoms with E-state index in [2.05, 4.69) is 0 Å². The second kappa shape index (κ2) is 8.24. The first-order valence-electron chi connectivity index (χ1n) is 10.3. The maximum Gasteiger partial charge on any atom is 0.331 e. The zero-order valence-corrected chi connectivity index (χ0v) is 18.6. The molecule has 1 atom stereocenters. The third kappa shape index (κ3) is 3.20. The van der Waals surface area contributed by atoms with Gasteiger partial charge in [0.1, 0.15) is 5.41 Å². The van der Waals surface area contributed by atoms with Gasteiger partial charge in [0.2, 0.25) is 0 Å². The molecule has 0 unspecified atom stereocenters. The molecule has 7 heteroatoms. The van der Waals surface area contributed by atoms with Crippen molar-refractivity contribution < 1.29 is 22.7 Å². The first kappa shape index (κ1) is 21.8. The summed E-state index contributed by atoms with van der Waals surface area (Å²) in [5.41, 5.74) is 0.435. The van der Waals surface area contributed by atoms with Gasteiger partial charge < -0.3 is 4.74 Å². The van der Waals surface area contributed by atoms with Crippen LogP contribution in [0.1, 0.15) is 23.6 Å². The molecule has 1 heterocycles. The van der Waals surface area contributed by atoms with Gasteiger partial charge in [-0.05, 0) is 37.1 Å². The van der Waals surface area contributed by atoms with Crippen LogP contribution in [0.25, 0.3) is 0 Å². The van der Waals surface area contributed by atoms with E-state index in [-0.39, 0.29) is 11.5 Å². The van der Waals surface area contributed by atoms with Gasteiger partial charge in [0, 0.05) is 0 Å². The van der Waals surface area contributed by atoms with Crippen LogP contribution in [0, 0.1) is 6.92 Å². The Morgan fingerprint density at radius 1 is 0.906 bits per heavy atom. The van der Waals surface area contributed by atoms with Crippen LogP contribution in [-0.4, -0.2) is 37.2 Å². The summed E-state index contributed by atoms with van der Waals surface area (Å²) in [6.45, 7) is 3.54. The average Bonchev–Trinajstić information content (AvgIpc) is 2.79. The lowest BCUT2D eigenvalue weighted by Crippen LogP contribution is -2.76. The van der Waals surface area contributed by atoms with Crippen LogP contribution in [0.15, 0.2) is 89.8 Å². The third-order valence-electron chi connectivity index (χ3n) is 5.73.